The van der Waals surface area contributed by atoms with Gasteiger partial charge in [0, 0.05) is 0 Å². The molecule has 0 amide bonds. The van der Waals surface area contributed by atoms with Crippen molar-refractivity contribution in [1.82, 2.24) is 0 Å². The first kappa shape index (κ1) is 7.17. The van der Waals surface area contributed by atoms with Crippen LogP contribution in [0.3, 0.4) is 0 Å². The topological polar surface area (TPSA) is 0 Å². The minimum atomic E-state index is 0.707. The van der Waals surface area contributed by atoms with Gasteiger partial charge >= 0.3 is 0 Å². The van der Waals surface area contributed by atoms with Crippen molar-refractivity contribution in [3.63, 3.8) is 0 Å². The zero-order valence-corrected chi connectivity index (χ0v) is 8.09. The molecule has 3 fully saturated rings. The van der Waals surface area contributed by atoms with Crippen LogP contribution >= 0.6 is 0 Å². The van der Waals surface area contributed by atoms with Gasteiger partial charge in [0.1, 0.15) is 0 Å². The van der Waals surface area contributed by atoms with Crippen LogP contribution < -0.4 is 0 Å². The second-order valence-electron chi connectivity index (χ2n) is 5.24. The quantitative estimate of drug-likeness (QED) is 0.519. The summed E-state index contributed by atoms with van der Waals surface area (Å²) < 4.78 is 0. The zero-order valence-electron chi connectivity index (χ0n) is 8.09. The van der Waals surface area contributed by atoms with Crippen molar-refractivity contribution in [2.45, 2.75) is 33.1 Å². The molecule has 0 aliphatic heterocycles. The summed E-state index contributed by atoms with van der Waals surface area (Å²) in [4.78, 5) is 0. The van der Waals surface area contributed by atoms with Crippen molar-refractivity contribution in [1.29, 1.82) is 0 Å². The minimum Gasteiger partial charge on any atom is -0.0911 e. The SMILES string of the molecule is CC=CC12CC(C)C1CC1CC12. The smallest absolute Gasteiger partial charge is 0.00538 e. The molecular weight excluding hydrogens is 144 g/mol. The highest BCUT2D eigenvalue weighted by Gasteiger charge is 2.67. The van der Waals surface area contributed by atoms with Gasteiger partial charge in [-0.1, -0.05) is 19.1 Å². The highest BCUT2D eigenvalue weighted by Crippen LogP contribution is 2.75. The molecule has 0 saturated heterocycles. The van der Waals surface area contributed by atoms with E-state index in [-0.39, 0.29) is 0 Å². The van der Waals surface area contributed by atoms with Gasteiger partial charge in [-0.05, 0) is 55.3 Å². The molecule has 0 radical (unpaired) electrons. The van der Waals surface area contributed by atoms with Gasteiger partial charge in [-0.2, -0.15) is 0 Å². The van der Waals surface area contributed by atoms with E-state index in [0.717, 1.165) is 23.7 Å². The molecule has 0 nitrogen and oxygen atoms in total. The van der Waals surface area contributed by atoms with Crippen molar-refractivity contribution in [3.05, 3.63) is 12.2 Å². The predicted octanol–water partition coefficient (Wildman–Crippen LogP) is 3.24. The number of allylic oxidation sites excluding steroid dienone is 2. The average molecular weight is 162 g/mol. The van der Waals surface area contributed by atoms with Gasteiger partial charge in [0.05, 0.1) is 0 Å². The zero-order chi connectivity index (χ0) is 8.34. The van der Waals surface area contributed by atoms with Crippen molar-refractivity contribution in [2.75, 3.05) is 0 Å². The summed E-state index contributed by atoms with van der Waals surface area (Å²) in [5, 5.41) is 0. The second-order valence-corrected chi connectivity index (χ2v) is 5.24. The molecule has 3 saturated carbocycles. The molecule has 0 aromatic heterocycles. The Morgan fingerprint density at radius 3 is 2.67 bits per heavy atom. The molecule has 0 heteroatoms. The monoisotopic (exact) mass is 162 g/mol. The molecule has 3 rings (SSSR count). The van der Waals surface area contributed by atoms with Crippen LogP contribution in [-0.2, 0) is 0 Å². The molecule has 3 aliphatic carbocycles. The fourth-order valence-electron chi connectivity index (χ4n) is 4.22. The highest BCUT2D eigenvalue weighted by atomic mass is 14.7. The number of hydrogen-bond donors (Lipinski definition) is 0. The van der Waals surface area contributed by atoms with Gasteiger partial charge in [-0.3, -0.25) is 0 Å². The van der Waals surface area contributed by atoms with Gasteiger partial charge in [0.2, 0.25) is 0 Å². The Bertz CT molecular complexity index is 240. The summed E-state index contributed by atoms with van der Waals surface area (Å²) in [6.07, 6.45) is 9.42. The lowest BCUT2D eigenvalue weighted by Crippen LogP contribution is -2.44. The molecule has 3 aliphatic rings. The first-order chi connectivity index (χ1) is 5.78. The molecule has 5 atom stereocenters. The molecule has 0 N–H and O–H groups in total. The van der Waals surface area contributed by atoms with E-state index < -0.39 is 0 Å². The third-order valence-corrected chi connectivity index (χ3v) is 4.70. The molecule has 0 aromatic rings. The lowest BCUT2D eigenvalue weighted by molar-refractivity contribution is 0.0166. The summed E-state index contributed by atoms with van der Waals surface area (Å²) in [6, 6.07) is 0. The maximum Gasteiger partial charge on any atom is -0.00538 e. The minimum absolute atomic E-state index is 0.707. The first-order valence-electron chi connectivity index (χ1n) is 5.42. The van der Waals surface area contributed by atoms with Crippen LogP contribution in [0.2, 0.25) is 0 Å². The largest absolute Gasteiger partial charge is 0.0911 e. The van der Waals surface area contributed by atoms with E-state index in [0.29, 0.717) is 5.41 Å². The fraction of sp³-hybridized carbons (Fsp3) is 0.833. The van der Waals surface area contributed by atoms with Gasteiger partial charge < -0.3 is 0 Å². The van der Waals surface area contributed by atoms with Crippen LogP contribution in [0.15, 0.2) is 12.2 Å². The molecule has 66 valence electrons. The Balaban J connectivity index is 1.92. The summed E-state index contributed by atoms with van der Waals surface area (Å²) in [7, 11) is 0. The standard InChI is InChI=1S/C12H18/c1-3-4-12-7-8(2)10(12)5-9-6-11(9)12/h3-4,8-11H,5-7H2,1-2H3. The summed E-state index contributed by atoms with van der Waals surface area (Å²) in [6.45, 7) is 4.63. The summed E-state index contributed by atoms with van der Waals surface area (Å²) in [5.41, 5.74) is 0.707. The van der Waals surface area contributed by atoms with E-state index in [4.69, 9.17) is 0 Å². The van der Waals surface area contributed by atoms with Crippen LogP contribution in [0.25, 0.3) is 0 Å². The Morgan fingerprint density at radius 2 is 2.00 bits per heavy atom. The number of rotatable bonds is 1. The Kier molecular flexibility index (Phi) is 1.18. The average Bonchev–Trinajstić information content (AvgIpc) is 2.74. The molecule has 12 heavy (non-hydrogen) atoms. The van der Waals surface area contributed by atoms with Crippen LogP contribution in [0.4, 0.5) is 0 Å². The van der Waals surface area contributed by atoms with E-state index in [1.165, 1.54) is 6.42 Å². The molecule has 0 spiro atoms. The van der Waals surface area contributed by atoms with Crippen molar-refractivity contribution in [2.24, 2.45) is 29.1 Å². The van der Waals surface area contributed by atoms with E-state index in [2.05, 4.69) is 26.0 Å². The molecular formula is C12H18. The van der Waals surface area contributed by atoms with E-state index in [9.17, 15) is 0 Å². The third-order valence-electron chi connectivity index (χ3n) is 4.70. The predicted molar refractivity (Wildman–Crippen MR) is 50.7 cm³/mol. The second kappa shape index (κ2) is 1.97. The van der Waals surface area contributed by atoms with Gasteiger partial charge in [0.25, 0.3) is 0 Å². The van der Waals surface area contributed by atoms with Crippen molar-refractivity contribution >= 4 is 0 Å². The Morgan fingerprint density at radius 1 is 1.25 bits per heavy atom. The lowest BCUT2D eigenvalue weighted by Gasteiger charge is -2.51. The maximum absolute atomic E-state index is 2.54. The van der Waals surface area contributed by atoms with Gasteiger partial charge in [-0.25, -0.2) is 0 Å². The first-order valence-corrected chi connectivity index (χ1v) is 5.42. The van der Waals surface area contributed by atoms with Crippen molar-refractivity contribution in [3.8, 4) is 0 Å². The van der Waals surface area contributed by atoms with Crippen molar-refractivity contribution < 1.29 is 0 Å². The van der Waals surface area contributed by atoms with E-state index in [1.54, 1.807) is 12.8 Å². The van der Waals surface area contributed by atoms with E-state index in [1.807, 2.05) is 0 Å². The molecule has 0 heterocycles. The molecule has 0 bridgehead atoms. The number of fused-ring (bicyclic) bond motifs is 3. The summed E-state index contributed by atoms with van der Waals surface area (Å²) >= 11 is 0. The molecule has 5 unspecified atom stereocenters. The fourth-order valence-corrected chi connectivity index (χ4v) is 4.22. The Labute approximate surface area is 75.0 Å². The lowest BCUT2D eigenvalue weighted by atomic mass is 9.54. The van der Waals surface area contributed by atoms with Gasteiger partial charge in [-0.15, -0.1) is 0 Å². The maximum atomic E-state index is 2.54. The van der Waals surface area contributed by atoms with Crippen LogP contribution in [-0.4, -0.2) is 0 Å². The van der Waals surface area contributed by atoms with Crippen LogP contribution in [0.5, 0.6) is 0 Å². The highest BCUT2D eigenvalue weighted by molar-refractivity contribution is 5.24. The third kappa shape index (κ3) is 0.616. The van der Waals surface area contributed by atoms with E-state index >= 15 is 0 Å². The normalized spacial score (nSPS) is 61.2. The summed E-state index contributed by atoms with van der Waals surface area (Å²) in [5.74, 6) is 4.33. The number of hydrogen-bond acceptors (Lipinski definition) is 0. The van der Waals surface area contributed by atoms with Crippen LogP contribution in [0, 0.1) is 29.1 Å². The van der Waals surface area contributed by atoms with Gasteiger partial charge in [0.15, 0.2) is 0 Å². The molecule has 0 aromatic carbocycles. The van der Waals surface area contributed by atoms with Crippen LogP contribution in [0.1, 0.15) is 33.1 Å². The Hall–Kier alpha value is -0.260.